The quantitative estimate of drug-likeness (QED) is 0.749. The van der Waals surface area contributed by atoms with Crippen molar-refractivity contribution in [1.82, 2.24) is 4.90 Å². The van der Waals surface area contributed by atoms with E-state index in [2.05, 4.69) is 0 Å². The van der Waals surface area contributed by atoms with Gasteiger partial charge in [0, 0.05) is 18.3 Å². The Bertz CT molecular complexity index is 822. The van der Waals surface area contributed by atoms with Gasteiger partial charge < -0.3 is 14.4 Å². The molecule has 1 unspecified atom stereocenters. The van der Waals surface area contributed by atoms with Crippen molar-refractivity contribution < 1.29 is 32.2 Å². The first-order valence-corrected chi connectivity index (χ1v) is 8.07. The van der Waals surface area contributed by atoms with Crippen molar-refractivity contribution in [2.45, 2.75) is 26.1 Å². The van der Waals surface area contributed by atoms with Gasteiger partial charge in [-0.1, -0.05) is 12.1 Å². The Morgan fingerprint density at radius 3 is 2.00 bits per heavy atom. The van der Waals surface area contributed by atoms with Crippen molar-refractivity contribution in [2.24, 2.45) is 0 Å². The summed E-state index contributed by atoms with van der Waals surface area (Å²) < 4.78 is 48.3. The summed E-state index contributed by atoms with van der Waals surface area (Å²) in [7, 11) is 4.10. The lowest BCUT2D eigenvalue weighted by Gasteiger charge is -2.36. The summed E-state index contributed by atoms with van der Waals surface area (Å²) in [5.41, 5.74) is 0.502. The number of alkyl halides is 3. The van der Waals surface area contributed by atoms with E-state index >= 15 is 0 Å². The highest BCUT2D eigenvalue weighted by Gasteiger charge is 2.37. The van der Waals surface area contributed by atoms with Crippen LogP contribution in [0.3, 0.4) is 0 Å². The van der Waals surface area contributed by atoms with Crippen LogP contribution in [-0.4, -0.2) is 44.1 Å². The number of ether oxygens (including phenoxy) is 2. The average Bonchev–Trinajstić information content (AvgIpc) is 2.64. The van der Waals surface area contributed by atoms with Crippen LogP contribution in [0, 0.1) is 0 Å². The van der Waals surface area contributed by atoms with Gasteiger partial charge in [-0.2, -0.15) is 13.2 Å². The first-order chi connectivity index (χ1) is 12.5. The van der Waals surface area contributed by atoms with Gasteiger partial charge in [0.2, 0.25) is 0 Å². The molecule has 2 rings (SSSR count). The zero-order chi connectivity index (χ0) is 20.5. The van der Waals surface area contributed by atoms with Crippen molar-refractivity contribution in [2.75, 3.05) is 21.3 Å². The van der Waals surface area contributed by atoms with Crippen LogP contribution in [0.2, 0.25) is 0 Å². The average molecular weight is 383 g/mol. The van der Waals surface area contributed by atoms with Gasteiger partial charge in [0.1, 0.15) is 0 Å². The molecule has 1 aromatic rings. The third-order valence-corrected chi connectivity index (χ3v) is 4.70. The van der Waals surface area contributed by atoms with E-state index in [9.17, 15) is 22.8 Å². The fraction of sp³-hybridized carbons (Fsp3) is 0.368. The minimum atomic E-state index is -4.49. The maximum Gasteiger partial charge on any atom is 0.416 e. The molecule has 0 aliphatic carbocycles. The standard InChI is InChI=1S/C19H20F3NO4/c1-10-14(17(24)26-4)16(15(18(25)27-5)11(2)23(10)3)12-6-8-13(9-7-12)19(20,21)22/h6-10H,1-5H3. The lowest BCUT2D eigenvalue weighted by atomic mass is 9.84. The predicted octanol–water partition coefficient (Wildman–Crippen LogP) is 3.41. The van der Waals surface area contributed by atoms with Crippen LogP contribution in [0.4, 0.5) is 13.2 Å². The van der Waals surface area contributed by atoms with E-state index in [0.29, 0.717) is 11.3 Å². The van der Waals surface area contributed by atoms with Crippen molar-refractivity contribution in [3.05, 3.63) is 52.2 Å². The number of likely N-dealkylation sites (N-methyl/N-ethyl adjacent to an activating group) is 1. The van der Waals surface area contributed by atoms with Gasteiger partial charge >= 0.3 is 18.1 Å². The molecule has 0 radical (unpaired) electrons. The Hall–Kier alpha value is -2.77. The molecule has 8 heteroatoms. The summed E-state index contributed by atoms with van der Waals surface area (Å²) in [6.07, 6.45) is -4.49. The fourth-order valence-electron chi connectivity index (χ4n) is 3.05. The summed E-state index contributed by atoms with van der Waals surface area (Å²) >= 11 is 0. The van der Waals surface area contributed by atoms with Crippen LogP contribution < -0.4 is 0 Å². The van der Waals surface area contributed by atoms with Gasteiger partial charge in [0.25, 0.3) is 0 Å². The number of hydrogen-bond donors (Lipinski definition) is 0. The highest BCUT2D eigenvalue weighted by atomic mass is 19.4. The number of carbonyl (C=O) groups is 2. The second kappa shape index (κ2) is 7.46. The Balaban J connectivity index is 2.79. The Morgan fingerprint density at radius 1 is 1.04 bits per heavy atom. The number of esters is 2. The molecule has 1 atom stereocenters. The van der Waals surface area contributed by atoms with Crippen LogP contribution in [0.15, 0.2) is 41.1 Å². The topological polar surface area (TPSA) is 55.8 Å². The van der Waals surface area contributed by atoms with Gasteiger partial charge in [-0.15, -0.1) is 0 Å². The number of carbonyl (C=O) groups excluding carboxylic acids is 2. The van der Waals surface area contributed by atoms with E-state index in [-0.39, 0.29) is 16.7 Å². The van der Waals surface area contributed by atoms with E-state index in [4.69, 9.17) is 9.47 Å². The summed E-state index contributed by atoms with van der Waals surface area (Å²) in [5, 5.41) is 0. The molecule has 5 nitrogen and oxygen atoms in total. The molecule has 0 N–H and O–H groups in total. The molecule has 0 fully saturated rings. The number of benzene rings is 1. The molecule has 1 aliphatic rings. The molecule has 146 valence electrons. The molecule has 0 saturated heterocycles. The van der Waals surface area contributed by atoms with Gasteiger partial charge in [-0.3, -0.25) is 0 Å². The van der Waals surface area contributed by atoms with Gasteiger partial charge in [-0.05, 0) is 31.5 Å². The SMILES string of the molecule is COC(=O)C1=C(C)N(C)C(C)C(C(=O)OC)=C1c1ccc(C(F)(F)F)cc1. The van der Waals surface area contributed by atoms with Crippen LogP contribution in [0.25, 0.3) is 5.57 Å². The number of nitrogens with zero attached hydrogens (tertiary/aromatic N) is 1. The number of rotatable bonds is 3. The molecule has 0 bridgehead atoms. The van der Waals surface area contributed by atoms with Crippen molar-refractivity contribution in [3.63, 3.8) is 0 Å². The van der Waals surface area contributed by atoms with Gasteiger partial charge in [0.05, 0.1) is 37.0 Å². The Morgan fingerprint density at radius 2 is 1.56 bits per heavy atom. The largest absolute Gasteiger partial charge is 0.466 e. The summed E-state index contributed by atoms with van der Waals surface area (Å²) in [6, 6.07) is 3.82. The van der Waals surface area contributed by atoms with Crippen LogP contribution in [0.5, 0.6) is 0 Å². The molecule has 0 amide bonds. The normalized spacial score (nSPS) is 17.9. The maximum absolute atomic E-state index is 12.9. The minimum Gasteiger partial charge on any atom is -0.466 e. The van der Waals surface area contributed by atoms with E-state index in [0.717, 1.165) is 12.1 Å². The minimum absolute atomic E-state index is 0.109. The zero-order valence-corrected chi connectivity index (χ0v) is 15.6. The first-order valence-electron chi connectivity index (χ1n) is 8.07. The second-order valence-electron chi connectivity index (χ2n) is 6.09. The molecule has 0 spiro atoms. The predicted molar refractivity (Wildman–Crippen MR) is 92.3 cm³/mol. The van der Waals surface area contributed by atoms with Gasteiger partial charge in [0.15, 0.2) is 0 Å². The third kappa shape index (κ3) is 3.70. The van der Waals surface area contributed by atoms with Crippen molar-refractivity contribution in [1.29, 1.82) is 0 Å². The smallest absolute Gasteiger partial charge is 0.416 e. The van der Waals surface area contributed by atoms with Crippen molar-refractivity contribution in [3.8, 4) is 0 Å². The lowest BCUT2D eigenvalue weighted by molar-refractivity contribution is -0.138. The maximum atomic E-state index is 12.9. The lowest BCUT2D eigenvalue weighted by Crippen LogP contribution is -2.38. The second-order valence-corrected chi connectivity index (χ2v) is 6.09. The highest BCUT2D eigenvalue weighted by molar-refractivity contribution is 6.14. The molecular formula is C19H20F3NO4. The highest BCUT2D eigenvalue weighted by Crippen LogP contribution is 2.39. The molecule has 27 heavy (non-hydrogen) atoms. The number of allylic oxidation sites excluding steroid dienone is 1. The number of hydrogen-bond acceptors (Lipinski definition) is 5. The van der Waals surface area contributed by atoms with E-state index < -0.39 is 29.7 Å². The van der Waals surface area contributed by atoms with Crippen LogP contribution >= 0.6 is 0 Å². The van der Waals surface area contributed by atoms with E-state index in [1.165, 1.54) is 26.4 Å². The van der Waals surface area contributed by atoms with E-state index in [1.807, 2.05) is 0 Å². The molecule has 1 heterocycles. The van der Waals surface area contributed by atoms with Gasteiger partial charge in [-0.25, -0.2) is 9.59 Å². The summed E-state index contributed by atoms with van der Waals surface area (Å²) in [4.78, 5) is 26.6. The zero-order valence-electron chi connectivity index (χ0n) is 15.6. The van der Waals surface area contributed by atoms with Crippen LogP contribution in [-0.2, 0) is 25.2 Å². The van der Waals surface area contributed by atoms with Crippen molar-refractivity contribution >= 4 is 17.5 Å². The fourth-order valence-corrected chi connectivity index (χ4v) is 3.05. The Kier molecular flexibility index (Phi) is 5.67. The number of halogens is 3. The molecule has 0 saturated carbocycles. The molecule has 1 aromatic carbocycles. The summed E-state index contributed by atoms with van der Waals surface area (Å²) in [6.45, 7) is 3.43. The molecule has 0 aromatic heterocycles. The molecular weight excluding hydrogens is 363 g/mol. The van der Waals surface area contributed by atoms with E-state index in [1.54, 1.807) is 25.8 Å². The molecule has 1 aliphatic heterocycles. The first kappa shape index (κ1) is 20.5. The monoisotopic (exact) mass is 383 g/mol. The van der Waals surface area contributed by atoms with Crippen LogP contribution in [0.1, 0.15) is 25.0 Å². The third-order valence-electron chi connectivity index (χ3n) is 4.70. The number of methoxy groups -OCH3 is 2. The summed E-state index contributed by atoms with van der Waals surface area (Å²) in [5.74, 6) is -1.36. The Labute approximate surface area is 155 Å².